The number of hydrogen-bond donors (Lipinski definition) is 1. The van der Waals surface area contributed by atoms with Gasteiger partial charge in [0.1, 0.15) is 5.92 Å². The maximum absolute atomic E-state index is 12.8. The number of para-hydroxylation sites is 1. The Morgan fingerprint density at radius 3 is 2.20 bits per heavy atom. The molecule has 6 heteroatoms. The van der Waals surface area contributed by atoms with Crippen molar-refractivity contribution in [2.75, 3.05) is 23.9 Å². The summed E-state index contributed by atoms with van der Waals surface area (Å²) in [5.74, 6) is -1.99. The number of rotatable bonds is 4. The highest BCUT2D eigenvalue weighted by Gasteiger charge is 2.41. The Hall–Kier alpha value is -3.15. The van der Waals surface area contributed by atoms with Crippen LogP contribution in [0.2, 0.25) is 0 Å². The molecule has 0 aromatic heterocycles. The molecule has 2 aromatic carbocycles. The standard InChI is InChI=1S/C19H19N3O3/c1-21(2)14-10-8-13(9-11-14)12-16-17(23)20-19(25)22(18(16)24)15-6-4-3-5-7-15/h3-11,16H,12H2,1-2H3,(H,20,23,25). The molecule has 128 valence electrons. The fourth-order valence-electron chi connectivity index (χ4n) is 2.78. The van der Waals surface area contributed by atoms with Crippen molar-refractivity contribution in [1.82, 2.24) is 5.32 Å². The fourth-order valence-corrected chi connectivity index (χ4v) is 2.78. The highest BCUT2D eigenvalue weighted by Crippen LogP contribution is 2.23. The van der Waals surface area contributed by atoms with E-state index in [1.54, 1.807) is 30.3 Å². The normalized spacial score (nSPS) is 17.4. The van der Waals surface area contributed by atoms with Crippen molar-refractivity contribution in [2.45, 2.75) is 6.42 Å². The summed E-state index contributed by atoms with van der Waals surface area (Å²) in [6.45, 7) is 0. The summed E-state index contributed by atoms with van der Waals surface area (Å²) in [4.78, 5) is 40.0. The number of carbonyl (C=O) groups is 3. The van der Waals surface area contributed by atoms with E-state index in [9.17, 15) is 14.4 Å². The minimum atomic E-state index is -0.928. The second kappa shape index (κ2) is 6.76. The number of imide groups is 2. The first kappa shape index (κ1) is 16.7. The van der Waals surface area contributed by atoms with Crippen LogP contribution in [0.3, 0.4) is 0 Å². The molecule has 0 bridgehead atoms. The monoisotopic (exact) mass is 337 g/mol. The number of barbiturate groups is 1. The van der Waals surface area contributed by atoms with Gasteiger partial charge in [0.05, 0.1) is 5.69 Å². The van der Waals surface area contributed by atoms with Crippen LogP contribution in [0.4, 0.5) is 16.2 Å². The lowest BCUT2D eigenvalue weighted by Crippen LogP contribution is -2.58. The van der Waals surface area contributed by atoms with Crippen LogP contribution in [0.5, 0.6) is 0 Å². The zero-order valence-corrected chi connectivity index (χ0v) is 14.1. The molecule has 1 heterocycles. The Morgan fingerprint density at radius 1 is 0.960 bits per heavy atom. The van der Waals surface area contributed by atoms with Crippen LogP contribution in [0.25, 0.3) is 0 Å². The van der Waals surface area contributed by atoms with Gasteiger partial charge in [0.2, 0.25) is 11.8 Å². The number of benzene rings is 2. The molecule has 1 saturated heterocycles. The summed E-state index contributed by atoms with van der Waals surface area (Å²) in [7, 11) is 3.88. The third kappa shape index (κ3) is 3.38. The van der Waals surface area contributed by atoms with Crippen LogP contribution in [-0.2, 0) is 16.0 Å². The molecular formula is C19H19N3O3. The predicted octanol–water partition coefficient (Wildman–Crippen LogP) is 2.19. The highest BCUT2D eigenvalue weighted by molar-refractivity contribution is 6.27. The SMILES string of the molecule is CN(C)c1ccc(CC2C(=O)NC(=O)N(c3ccccc3)C2=O)cc1. The molecule has 25 heavy (non-hydrogen) atoms. The molecule has 1 aliphatic heterocycles. The number of anilines is 2. The van der Waals surface area contributed by atoms with E-state index >= 15 is 0 Å². The van der Waals surface area contributed by atoms with E-state index in [1.165, 1.54) is 0 Å². The predicted molar refractivity (Wildman–Crippen MR) is 95.4 cm³/mol. The van der Waals surface area contributed by atoms with Crippen molar-refractivity contribution in [3.05, 3.63) is 60.2 Å². The molecule has 4 amide bonds. The van der Waals surface area contributed by atoms with Crippen LogP contribution >= 0.6 is 0 Å². The third-order valence-corrected chi connectivity index (χ3v) is 4.18. The first-order chi connectivity index (χ1) is 12.0. The van der Waals surface area contributed by atoms with E-state index in [-0.39, 0.29) is 6.42 Å². The summed E-state index contributed by atoms with van der Waals surface area (Å²) in [6, 6.07) is 15.5. The van der Waals surface area contributed by atoms with Crippen molar-refractivity contribution in [1.29, 1.82) is 0 Å². The van der Waals surface area contributed by atoms with E-state index in [1.807, 2.05) is 43.3 Å². The molecular weight excluding hydrogens is 318 g/mol. The second-order valence-electron chi connectivity index (χ2n) is 6.12. The van der Waals surface area contributed by atoms with Gasteiger partial charge in [-0.2, -0.15) is 0 Å². The summed E-state index contributed by atoms with van der Waals surface area (Å²) in [5.41, 5.74) is 2.34. The smallest absolute Gasteiger partial charge is 0.335 e. The molecule has 1 fully saturated rings. The van der Waals surface area contributed by atoms with Crippen molar-refractivity contribution in [3.63, 3.8) is 0 Å². The second-order valence-corrected chi connectivity index (χ2v) is 6.12. The maximum Gasteiger partial charge on any atom is 0.335 e. The highest BCUT2D eigenvalue weighted by atomic mass is 16.2. The number of urea groups is 1. The first-order valence-electron chi connectivity index (χ1n) is 7.97. The average molecular weight is 337 g/mol. The average Bonchev–Trinajstić information content (AvgIpc) is 2.60. The van der Waals surface area contributed by atoms with Gasteiger partial charge in [-0.25, -0.2) is 9.69 Å². The van der Waals surface area contributed by atoms with Crippen molar-refractivity contribution < 1.29 is 14.4 Å². The Labute approximate surface area is 146 Å². The van der Waals surface area contributed by atoms with Gasteiger partial charge in [0, 0.05) is 19.8 Å². The molecule has 1 aliphatic rings. The minimum absolute atomic E-state index is 0.245. The fraction of sp³-hybridized carbons (Fsp3) is 0.211. The topological polar surface area (TPSA) is 69.7 Å². The summed E-state index contributed by atoms with van der Waals surface area (Å²) >= 11 is 0. The summed E-state index contributed by atoms with van der Waals surface area (Å²) in [5, 5.41) is 2.28. The van der Waals surface area contributed by atoms with E-state index in [0.717, 1.165) is 16.2 Å². The van der Waals surface area contributed by atoms with E-state index in [4.69, 9.17) is 0 Å². The van der Waals surface area contributed by atoms with Gasteiger partial charge < -0.3 is 4.90 Å². The largest absolute Gasteiger partial charge is 0.378 e. The van der Waals surface area contributed by atoms with Gasteiger partial charge >= 0.3 is 6.03 Å². The first-order valence-corrected chi connectivity index (χ1v) is 7.97. The molecule has 3 rings (SSSR count). The Morgan fingerprint density at radius 2 is 1.60 bits per heavy atom. The van der Waals surface area contributed by atoms with E-state index in [0.29, 0.717) is 5.69 Å². The lowest BCUT2D eigenvalue weighted by atomic mass is 9.95. The molecule has 1 atom stereocenters. The number of nitrogens with zero attached hydrogens (tertiary/aromatic N) is 2. The van der Waals surface area contributed by atoms with Crippen LogP contribution in [-0.4, -0.2) is 31.9 Å². The van der Waals surface area contributed by atoms with Crippen LogP contribution in [0.15, 0.2) is 54.6 Å². The molecule has 1 unspecified atom stereocenters. The van der Waals surface area contributed by atoms with Crippen molar-refractivity contribution in [3.8, 4) is 0 Å². The lowest BCUT2D eigenvalue weighted by Gasteiger charge is -2.30. The van der Waals surface area contributed by atoms with Gasteiger partial charge in [-0.3, -0.25) is 14.9 Å². The number of amides is 4. The molecule has 0 aliphatic carbocycles. The van der Waals surface area contributed by atoms with Crippen molar-refractivity contribution in [2.24, 2.45) is 5.92 Å². The zero-order chi connectivity index (χ0) is 18.0. The molecule has 2 aromatic rings. The van der Waals surface area contributed by atoms with Crippen molar-refractivity contribution >= 4 is 29.2 Å². The molecule has 0 radical (unpaired) electrons. The molecule has 0 saturated carbocycles. The third-order valence-electron chi connectivity index (χ3n) is 4.18. The lowest BCUT2D eigenvalue weighted by molar-refractivity contribution is -0.134. The van der Waals surface area contributed by atoms with Crippen LogP contribution < -0.4 is 15.1 Å². The van der Waals surface area contributed by atoms with Crippen LogP contribution in [0.1, 0.15) is 5.56 Å². The quantitative estimate of drug-likeness (QED) is 0.869. The summed E-state index contributed by atoms with van der Waals surface area (Å²) in [6.07, 6.45) is 0.245. The Kier molecular flexibility index (Phi) is 4.52. The van der Waals surface area contributed by atoms with Crippen LogP contribution in [0, 0.1) is 5.92 Å². The van der Waals surface area contributed by atoms with E-state index < -0.39 is 23.8 Å². The molecule has 6 nitrogen and oxygen atoms in total. The number of hydrogen-bond acceptors (Lipinski definition) is 4. The Balaban J connectivity index is 1.84. The maximum atomic E-state index is 12.8. The van der Waals surface area contributed by atoms with Gasteiger partial charge in [-0.1, -0.05) is 30.3 Å². The number of nitrogens with one attached hydrogen (secondary N) is 1. The van der Waals surface area contributed by atoms with Gasteiger partial charge in [-0.05, 0) is 36.2 Å². The summed E-state index contributed by atoms with van der Waals surface area (Å²) < 4.78 is 0. The van der Waals surface area contributed by atoms with Gasteiger partial charge in [-0.15, -0.1) is 0 Å². The minimum Gasteiger partial charge on any atom is -0.378 e. The number of carbonyl (C=O) groups excluding carboxylic acids is 3. The molecule has 1 N–H and O–H groups in total. The van der Waals surface area contributed by atoms with Gasteiger partial charge in [0.25, 0.3) is 0 Å². The Bertz CT molecular complexity index is 800. The zero-order valence-electron chi connectivity index (χ0n) is 14.1. The molecule has 0 spiro atoms. The van der Waals surface area contributed by atoms with E-state index in [2.05, 4.69) is 5.32 Å². The van der Waals surface area contributed by atoms with Gasteiger partial charge in [0.15, 0.2) is 0 Å².